The van der Waals surface area contributed by atoms with Crippen molar-refractivity contribution in [2.45, 2.75) is 25.7 Å². The molecule has 5 nitrogen and oxygen atoms in total. The first kappa shape index (κ1) is 18.3. The minimum atomic E-state index is -0.315. The lowest BCUT2D eigenvalue weighted by Gasteiger charge is -2.15. The number of urea groups is 1. The summed E-state index contributed by atoms with van der Waals surface area (Å²) in [6.07, 6.45) is 3.48. The second kappa shape index (κ2) is 8.72. The third-order valence-corrected chi connectivity index (χ3v) is 4.65. The monoisotopic (exact) mass is 371 g/mol. The molecular weight excluding hydrogens is 350 g/mol. The van der Waals surface area contributed by atoms with Gasteiger partial charge in [-0.2, -0.15) is 0 Å². The molecule has 0 saturated carbocycles. The van der Waals surface area contributed by atoms with Crippen molar-refractivity contribution < 1.29 is 9.59 Å². The maximum absolute atomic E-state index is 12.1. The summed E-state index contributed by atoms with van der Waals surface area (Å²) in [5, 5.41) is 6.15. The molecule has 26 heavy (non-hydrogen) atoms. The highest BCUT2D eigenvalue weighted by Crippen LogP contribution is 2.16. The Bertz CT molecular complexity index is 754. The minimum Gasteiger partial charge on any atom is -0.343 e. The Morgan fingerprint density at radius 2 is 1.42 bits per heavy atom. The van der Waals surface area contributed by atoms with Crippen LogP contribution in [0.5, 0.6) is 0 Å². The number of amides is 3. The molecule has 0 unspecified atom stereocenters. The fraction of sp³-hybridized carbons (Fsp3) is 0.300. The van der Waals surface area contributed by atoms with E-state index in [1.165, 1.54) is 0 Å². The van der Waals surface area contributed by atoms with Crippen molar-refractivity contribution in [2.75, 3.05) is 23.7 Å². The van der Waals surface area contributed by atoms with Gasteiger partial charge in [0.05, 0.1) is 0 Å². The molecule has 1 aliphatic rings. The van der Waals surface area contributed by atoms with Crippen LogP contribution in [-0.4, -0.2) is 29.9 Å². The van der Waals surface area contributed by atoms with Gasteiger partial charge in [0, 0.05) is 35.9 Å². The molecule has 2 N–H and O–H groups in total. The van der Waals surface area contributed by atoms with Crippen LogP contribution in [0.2, 0.25) is 5.02 Å². The number of anilines is 2. The van der Waals surface area contributed by atoms with Gasteiger partial charge in [0.15, 0.2) is 0 Å². The molecule has 1 aliphatic heterocycles. The first-order valence-electron chi connectivity index (χ1n) is 8.80. The van der Waals surface area contributed by atoms with E-state index in [0.717, 1.165) is 31.5 Å². The molecule has 3 amide bonds. The van der Waals surface area contributed by atoms with Crippen LogP contribution in [-0.2, 0) is 11.2 Å². The average Bonchev–Trinajstić information content (AvgIpc) is 3.17. The Morgan fingerprint density at radius 3 is 2.00 bits per heavy atom. The third kappa shape index (κ3) is 5.23. The molecule has 1 fully saturated rings. The largest absolute Gasteiger partial charge is 0.343 e. The summed E-state index contributed by atoms with van der Waals surface area (Å²) in [4.78, 5) is 26.0. The summed E-state index contributed by atoms with van der Waals surface area (Å²) >= 11 is 5.82. The average molecular weight is 372 g/mol. The molecule has 0 aromatic heterocycles. The predicted octanol–water partition coefficient (Wildman–Crippen LogP) is 4.54. The molecule has 0 bridgehead atoms. The zero-order chi connectivity index (χ0) is 18.4. The predicted molar refractivity (Wildman–Crippen MR) is 105 cm³/mol. The fourth-order valence-corrected chi connectivity index (χ4v) is 3.08. The maximum Gasteiger partial charge on any atom is 0.323 e. The van der Waals surface area contributed by atoms with E-state index in [1.807, 2.05) is 29.2 Å². The SMILES string of the molecule is O=C(Nc1ccc(Cl)cc1)Nc1ccc(CCC(=O)N2CCCC2)cc1. The van der Waals surface area contributed by atoms with E-state index in [1.54, 1.807) is 24.3 Å². The third-order valence-electron chi connectivity index (χ3n) is 4.40. The zero-order valence-corrected chi connectivity index (χ0v) is 15.3. The van der Waals surface area contributed by atoms with E-state index in [2.05, 4.69) is 10.6 Å². The molecule has 6 heteroatoms. The van der Waals surface area contributed by atoms with Crippen molar-refractivity contribution in [1.29, 1.82) is 0 Å². The van der Waals surface area contributed by atoms with Crippen LogP contribution >= 0.6 is 11.6 Å². The highest BCUT2D eigenvalue weighted by atomic mass is 35.5. The Hall–Kier alpha value is -2.53. The topological polar surface area (TPSA) is 61.4 Å². The van der Waals surface area contributed by atoms with Crippen molar-refractivity contribution in [3.05, 3.63) is 59.1 Å². The van der Waals surface area contributed by atoms with E-state index < -0.39 is 0 Å². The zero-order valence-electron chi connectivity index (χ0n) is 14.5. The Morgan fingerprint density at radius 1 is 0.885 bits per heavy atom. The van der Waals surface area contributed by atoms with Gasteiger partial charge >= 0.3 is 6.03 Å². The van der Waals surface area contributed by atoms with Gasteiger partial charge in [-0.05, 0) is 61.2 Å². The number of nitrogens with one attached hydrogen (secondary N) is 2. The number of carbonyl (C=O) groups excluding carboxylic acids is 2. The first-order valence-corrected chi connectivity index (χ1v) is 9.18. The molecule has 0 aliphatic carbocycles. The van der Waals surface area contributed by atoms with Gasteiger partial charge in [-0.25, -0.2) is 4.79 Å². The van der Waals surface area contributed by atoms with Crippen LogP contribution < -0.4 is 10.6 Å². The second-order valence-electron chi connectivity index (χ2n) is 6.37. The van der Waals surface area contributed by atoms with Crippen LogP contribution in [0.3, 0.4) is 0 Å². The summed E-state index contributed by atoms with van der Waals surface area (Å²) in [6.45, 7) is 1.79. The number of benzene rings is 2. The summed E-state index contributed by atoms with van der Waals surface area (Å²) in [5.41, 5.74) is 2.45. The van der Waals surface area contributed by atoms with Crippen molar-refractivity contribution in [1.82, 2.24) is 4.90 Å². The standard InChI is InChI=1S/C20H22ClN3O2/c21-16-6-10-18(11-7-16)23-20(26)22-17-8-3-15(4-9-17)5-12-19(25)24-13-1-2-14-24/h3-4,6-11H,1-2,5,12-14H2,(H2,22,23,26). The van der Waals surface area contributed by atoms with Gasteiger partial charge in [0.2, 0.25) is 5.91 Å². The fourth-order valence-electron chi connectivity index (χ4n) is 2.96. The normalized spacial score (nSPS) is 13.5. The number of hydrogen-bond donors (Lipinski definition) is 2. The van der Waals surface area contributed by atoms with E-state index in [0.29, 0.717) is 29.2 Å². The number of halogens is 1. The highest BCUT2D eigenvalue weighted by molar-refractivity contribution is 6.30. The van der Waals surface area contributed by atoms with Crippen molar-refractivity contribution in [2.24, 2.45) is 0 Å². The smallest absolute Gasteiger partial charge is 0.323 e. The molecule has 2 aromatic rings. The second-order valence-corrected chi connectivity index (χ2v) is 6.81. The number of hydrogen-bond acceptors (Lipinski definition) is 2. The van der Waals surface area contributed by atoms with Gasteiger partial charge < -0.3 is 15.5 Å². The van der Waals surface area contributed by atoms with Gasteiger partial charge in [-0.1, -0.05) is 23.7 Å². The molecule has 2 aromatic carbocycles. The molecule has 136 valence electrons. The number of aryl methyl sites for hydroxylation is 1. The number of likely N-dealkylation sites (tertiary alicyclic amines) is 1. The van der Waals surface area contributed by atoms with Crippen LogP contribution in [0.15, 0.2) is 48.5 Å². The summed E-state index contributed by atoms with van der Waals surface area (Å²) in [7, 11) is 0. The van der Waals surface area contributed by atoms with Crippen molar-refractivity contribution in [3.8, 4) is 0 Å². The highest BCUT2D eigenvalue weighted by Gasteiger charge is 2.17. The lowest BCUT2D eigenvalue weighted by Crippen LogP contribution is -2.27. The van der Waals surface area contributed by atoms with Gasteiger partial charge in [-0.15, -0.1) is 0 Å². The number of nitrogens with zero attached hydrogens (tertiary/aromatic N) is 1. The van der Waals surface area contributed by atoms with Crippen LogP contribution in [0.1, 0.15) is 24.8 Å². The lowest BCUT2D eigenvalue weighted by atomic mass is 10.1. The molecule has 1 heterocycles. The van der Waals surface area contributed by atoms with E-state index in [4.69, 9.17) is 11.6 Å². The summed E-state index contributed by atoms with van der Waals surface area (Å²) in [6, 6.07) is 14.2. The molecular formula is C20H22ClN3O2. The Balaban J connectivity index is 1.46. The Labute approximate surface area is 158 Å². The van der Waals surface area contributed by atoms with E-state index in [9.17, 15) is 9.59 Å². The van der Waals surface area contributed by atoms with Gasteiger partial charge in [0.25, 0.3) is 0 Å². The molecule has 0 spiro atoms. The van der Waals surface area contributed by atoms with Crippen molar-refractivity contribution >= 4 is 34.9 Å². The summed E-state index contributed by atoms with van der Waals surface area (Å²) < 4.78 is 0. The van der Waals surface area contributed by atoms with Crippen LogP contribution in [0, 0.1) is 0 Å². The van der Waals surface area contributed by atoms with Crippen LogP contribution in [0.4, 0.5) is 16.2 Å². The first-order chi connectivity index (χ1) is 12.6. The molecule has 0 atom stereocenters. The number of carbonyl (C=O) groups is 2. The maximum atomic E-state index is 12.1. The minimum absolute atomic E-state index is 0.229. The molecule has 0 radical (unpaired) electrons. The molecule has 3 rings (SSSR count). The quantitative estimate of drug-likeness (QED) is 0.810. The van der Waals surface area contributed by atoms with E-state index in [-0.39, 0.29) is 11.9 Å². The van der Waals surface area contributed by atoms with Crippen molar-refractivity contribution in [3.63, 3.8) is 0 Å². The van der Waals surface area contributed by atoms with Gasteiger partial charge in [-0.3, -0.25) is 4.79 Å². The molecule has 1 saturated heterocycles. The van der Waals surface area contributed by atoms with Crippen LogP contribution in [0.25, 0.3) is 0 Å². The Kier molecular flexibility index (Phi) is 6.12. The van der Waals surface area contributed by atoms with E-state index >= 15 is 0 Å². The van der Waals surface area contributed by atoms with Gasteiger partial charge in [0.1, 0.15) is 0 Å². The summed E-state index contributed by atoms with van der Waals surface area (Å²) in [5.74, 6) is 0.229. The number of rotatable bonds is 5. The lowest BCUT2D eigenvalue weighted by molar-refractivity contribution is -0.130.